The van der Waals surface area contributed by atoms with Crippen LogP contribution < -0.4 is 0 Å². The molecule has 3 nitrogen and oxygen atoms in total. The Kier molecular flexibility index (Phi) is 4.88. The molecule has 30 heavy (non-hydrogen) atoms. The second kappa shape index (κ2) is 7.83. The summed E-state index contributed by atoms with van der Waals surface area (Å²) < 4.78 is 2.17. The van der Waals surface area contributed by atoms with Crippen LogP contribution in [0.2, 0.25) is 0 Å². The Morgan fingerprint density at radius 1 is 0.900 bits per heavy atom. The highest BCUT2D eigenvalue weighted by molar-refractivity contribution is 5.86. The van der Waals surface area contributed by atoms with Gasteiger partial charge in [0, 0.05) is 49.6 Å². The molecule has 0 radical (unpaired) electrons. The van der Waals surface area contributed by atoms with Gasteiger partial charge in [0.15, 0.2) is 0 Å². The minimum Gasteiger partial charge on any atom is -0.350 e. The molecule has 3 heteroatoms. The molecule has 150 valence electrons. The van der Waals surface area contributed by atoms with Gasteiger partial charge in [-0.15, -0.1) is 0 Å². The predicted molar refractivity (Wildman–Crippen MR) is 121 cm³/mol. The van der Waals surface area contributed by atoms with Crippen molar-refractivity contribution in [3.05, 3.63) is 107 Å². The van der Waals surface area contributed by atoms with E-state index >= 15 is 0 Å². The molecule has 1 aromatic heterocycles. The Labute approximate surface area is 177 Å². The van der Waals surface area contributed by atoms with Crippen LogP contribution in [0.4, 0.5) is 0 Å². The molecule has 1 unspecified atom stereocenters. The number of carbonyl (C=O) groups is 1. The molecule has 1 aliphatic rings. The lowest BCUT2D eigenvalue weighted by atomic mass is 9.87. The van der Waals surface area contributed by atoms with Crippen molar-refractivity contribution in [3.8, 4) is 0 Å². The number of carbonyl (C=O) groups excluding carboxylic acids is 1. The standard InChI is InChI=1S/C27H26N2O/c1-28-19-25(23-13-7-8-14-26(23)28)24(21-10-3-2-4-11-21)17-27(30)29-16-15-20-9-5-6-12-22(20)18-29/h2-14,19,24H,15-18H2,1H3. The van der Waals surface area contributed by atoms with Gasteiger partial charge in [-0.1, -0.05) is 72.8 Å². The molecular weight excluding hydrogens is 368 g/mol. The number of aryl methyl sites for hydroxylation is 1. The molecule has 4 aromatic rings. The number of nitrogens with zero attached hydrogens (tertiary/aromatic N) is 2. The van der Waals surface area contributed by atoms with Crippen LogP contribution in [-0.4, -0.2) is 21.9 Å². The van der Waals surface area contributed by atoms with Crippen molar-refractivity contribution in [3.63, 3.8) is 0 Å². The van der Waals surface area contributed by atoms with Crippen molar-refractivity contribution in [2.75, 3.05) is 6.54 Å². The number of fused-ring (bicyclic) bond motifs is 2. The predicted octanol–water partition coefficient (Wildman–Crippen LogP) is 5.29. The van der Waals surface area contributed by atoms with E-state index in [1.165, 1.54) is 33.2 Å². The third kappa shape index (κ3) is 3.41. The Morgan fingerprint density at radius 2 is 1.60 bits per heavy atom. The number of amides is 1. The smallest absolute Gasteiger partial charge is 0.223 e. The minimum atomic E-state index is 0.0435. The Morgan fingerprint density at radius 3 is 2.43 bits per heavy atom. The van der Waals surface area contributed by atoms with Gasteiger partial charge in [-0.3, -0.25) is 4.79 Å². The van der Waals surface area contributed by atoms with Gasteiger partial charge >= 0.3 is 0 Å². The zero-order chi connectivity index (χ0) is 20.5. The summed E-state index contributed by atoms with van der Waals surface area (Å²) in [5, 5.41) is 1.23. The molecule has 0 aliphatic carbocycles. The van der Waals surface area contributed by atoms with E-state index in [1.807, 2.05) is 11.0 Å². The molecule has 0 saturated carbocycles. The third-order valence-corrected chi connectivity index (χ3v) is 6.37. The normalized spacial score (nSPS) is 14.5. The Balaban J connectivity index is 1.48. The zero-order valence-corrected chi connectivity index (χ0v) is 17.3. The minimum absolute atomic E-state index is 0.0435. The maximum absolute atomic E-state index is 13.4. The highest BCUT2D eigenvalue weighted by Gasteiger charge is 2.26. The second-order valence-corrected chi connectivity index (χ2v) is 8.21. The maximum atomic E-state index is 13.4. The first-order valence-corrected chi connectivity index (χ1v) is 10.6. The van der Waals surface area contributed by atoms with Gasteiger partial charge in [0.05, 0.1) is 0 Å². The summed E-state index contributed by atoms with van der Waals surface area (Å²) in [5.74, 6) is 0.272. The zero-order valence-electron chi connectivity index (χ0n) is 17.3. The fourth-order valence-corrected chi connectivity index (χ4v) is 4.76. The van der Waals surface area contributed by atoms with Crippen molar-refractivity contribution in [2.45, 2.75) is 25.3 Å². The van der Waals surface area contributed by atoms with E-state index in [9.17, 15) is 4.79 Å². The van der Waals surface area contributed by atoms with Crippen LogP contribution in [0.1, 0.15) is 34.6 Å². The van der Waals surface area contributed by atoms with Gasteiger partial charge in [-0.25, -0.2) is 0 Å². The van der Waals surface area contributed by atoms with E-state index in [2.05, 4.69) is 90.6 Å². The lowest BCUT2D eigenvalue weighted by Gasteiger charge is -2.30. The average Bonchev–Trinajstić information content (AvgIpc) is 3.14. The van der Waals surface area contributed by atoms with Gasteiger partial charge in [-0.2, -0.15) is 0 Å². The average molecular weight is 395 g/mol. The summed E-state index contributed by atoms with van der Waals surface area (Å²) in [7, 11) is 2.08. The van der Waals surface area contributed by atoms with E-state index in [4.69, 9.17) is 0 Å². The monoisotopic (exact) mass is 394 g/mol. The molecule has 2 heterocycles. The molecule has 0 fully saturated rings. The van der Waals surface area contributed by atoms with Crippen LogP contribution in [-0.2, 0) is 24.8 Å². The highest BCUT2D eigenvalue weighted by atomic mass is 16.2. The van der Waals surface area contributed by atoms with Crippen LogP contribution in [0.5, 0.6) is 0 Å². The van der Waals surface area contributed by atoms with Crippen LogP contribution in [0, 0.1) is 0 Å². The lowest BCUT2D eigenvalue weighted by molar-refractivity contribution is -0.132. The summed E-state index contributed by atoms with van der Waals surface area (Å²) in [5.41, 5.74) is 6.27. The highest BCUT2D eigenvalue weighted by Crippen LogP contribution is 2.35. The molecular formula is C27H26N2O. The quantitative estimate of drug-likeness (QED) is 0.462. The molecule has 0 bridgehead atoms. The number of para-hydroxylation sites is 1. The molecule has 1 atom stereocenters. The molecule has 3 aromatic carbocycles. The van der Waals surface area contributed by atoms with Crippen molar-refractivity contribution in [2.24, 2.45) is 7.05 Å². The van der Waals surface area contributed by atoms with Crippen molar-refractivity contribution >= 4 is 16.8 Å². The van der Waals surface area contributed by atoms with Crippen molar-refractivity contribution in [1.29, 1.82) is 0 Å². The van der Waals surface area contributed by atoms with Crippen LogP contribution in [0.15, 0.2) is 85.1 Å². The third-order valence-electron chi connectivity index (χ3n) is 6.37. The molecule has 1 amide bonds. The SMILES string of the molecule is Cn1cc(C(CC(=O)N2CCc3ccccc3C2)c2ccccc2)c2ccccc21. The summed E-state index contributed by atoms with van der Waals surface area (Å²) in [6, 6.07) is 27.4. The summed E-state index contributed by atoms with van der Waals surface area (Å²) in [4.78, 5) is 15.5. The van der Waals surface area contributed by atoms with E-state index in [1.54, 1.807) is 0 Å². The van der Waals surface area contributed by atoms with Crippen molar-refractivity contribution in [1.82, 2.24) is 9.47 Å². The fraction of sp³-hybridized carbons (Fsp3) is 0.222. The second-order valence-electron chi connectivity index (χ2n) is 8.21. The number of benzene rings is 3. The molecule has 0 saturated heterocycles. The van der Waals surface area contributed by atoms with Gasteiger partial charge in [0.2, 0.25) is 5.91 Å². The molecule has 5 rings (SSSR count). The van der Waals surface area contributed by atoms with Crippen molar-refractivity contribution < 1.29 is 4.79 Å². The van der Waals surface area contributed by atoms with Gasteiger partial charge in [-0.05, 0) is 34.7 Å². The van der Waals surface area contributed by atoms with E-state index in [-0.39, 0.29) is 11.8 Å². The van der Waals surface area contributed by atoms with Crippen LogP contribution in [0.3, 0.4) is 0 Å². The molecule has 1 aliphatic heterocycles. The van der Waals surface area contributed by atoms with Crippen LogP contribution >= 0.6 is 0 Å². The maximum Gasteiger partial charge on any atom is 0.223 e. The Bertz CT molecular complexity index is 1190. The number of hydrogen-bond donors (Lipinski definition) is 0. The van der Waals surface area contributed by atoms with Gasteiger partial charge < -0.3 is 9.47 Å². The van der Waals surface area contributed by atoms with Crippen LogP contribution in [0.25, 0.3) is 10.9 Å². The van der Waals surface area contributed by atoms with Gasteiger partial charge in [0.25, 0.3) is 0 Å². The van der Waals surface area contributed by atoms with Gasteiger partial charge in [0.1, 0.15) is 0 Å². The summed E-state index contributed by atoms with van der Waals surface area (Å²) in [6.45, 7) is 1.51. The Hall–Kier alpha value is -3.33. The van der Waals surface area contributed by atoms with E-state index in [0.717, 1.165) is 13.0 Å². The molecule has 0 spiro atoms. The number of hydrogen-bond acceptors (Lipinski definition) is 1. The lowest BCUT2D eigenvalue weighted by Crippen LogP contribution is -2.36. The topological polar surface area (TPSA) is 25.2 Å². The first-order chi connectivity index (χ1) is 14.7. The first kappa shape index (κ1) is 18.7. The largest absolute Gasteiger partial charge is 0.350 e. The van der Waals surface area contributed by atoms with E-state index in [0.29, 0.717) is 13.0 Å². The number of rotatable bonds is 4. The summed E-state index contributed by atoms with van der Waals surface area (Å²) in [6.07, 6.45) is 3.62. The molecule has 0 N–H and O–H groups in total. The first-order valence-electron chi connectivity index (χ1n) is 10.6. The summed E-state index contributed by atoms with van der Waals surface area (Å²) >= 11 is 0. The fourth-order valence-electron chi connectivity index (χ4n) is 4.76. The number of aromatic nitrogens is 1. The van der Waals surface area contributed by atoms with E-state index < -0.39 is 0 Å².